The molecule has 1 heterocycles. The standard InChI is InChI=1S/C27H29NO7.C2H7N/c1-3-14-8-16(12-28-6-4-5-7-28)23(31)22-18(14)10-15-9-17-11-19(30)20(13(2)29)25(33)27(17,35)26(34)21(15)24(22)32;1-3-2/h4-5,8,15,17,31-33,35H,3,6-7,9-12H2,1-2H3;3H,1-2H3/t15-,17+,27-;/m1./s1. The number of carbonyl (C=O) groups is 3. The van der Waals surface area contributed by atoms with Gasteiger partial charge in [-0.1, -0.05) is 25.1 Å². The number of hydrogen-bond acceptors (Lipinski definition) is 9. The minimum Gasteiger partial charge on any atom is -0.508 e. The van der Waals surface area contributed by atoms with E-state index in [9.17, 15) is 34.8 Å². The SMILES string of the molecule is CCc1cc(CN2CC=CC2)c(O)c2c1C[C@H]1C[C@H]3CC(=O)C(C(C)=O)=C(O)[C@@]3(O)C(=O)C1=C2O.CNC. The van der Waals surface area contributed by atoms with Gasteiger partial charge in [-0.3, -0.25) is 19.3 Å². The maximum Gasteiger partial charge on any atom is 0.202 e. The number of benzene rings is 1. The summed E-state index contributed by atoms with van der Waals surface area (Å²) in [6, 6.07) is 1.95. The highest BCUT2D eigenvalue weighted by Gasteiger charge is 2.60. The Morgan fingerprint density at radius 3 is 2.32 bits per heavy atom. The van der Waals surface area contributed by atoms with Crippen LogP contribution >= 0.6 is 0 Å². The third-order valence-electron chi connectivity index (χ3n) is 8.01. The summed E-state index contributed by atoms with van der Waals surface area (Å²) >= 11 is 0. The number of aromatic hydroxyl groups is 1. The van der Waals surface area contributed by atoms with Gasteiger partial charge >= 0.3 is 0 Å². The lowest BCUT2D eigenvalue weighted by atomic mass is 9.59. The molecule has 0 amide bonds. The molecule has 1 fully saturated rings. The van der Waals surface area contributed by atoms with E-state index in [2.05, 4.69) is 10.2 Å². The van der Waals surface area contributed by atoms with Gasteiger partial charge in [-0.05, 0) is 57.3 Å². The van der Waals surface area contributed by atoms with Gasteiger partial charge in [0.2, 0.25) is 5.78 Å². The van der Waals surface area contributed by atoms with Crippen LogP contribution in [0, 0.1) is 11.8 Å². The van der Waals surface area contributed by atoms with Crippen LogP contribution in [0.25, 0.3) is 5.76 Å². The zero-order valence-corrected chi connectivity index (χ0v) is 22.3. The second-order valence-corrected chi connectivity index (χ2v) is 10.5. The molecule has 38 heavy (non-hydrogen) atoms. The quantitative estimate of drug-likeness (QED) is 0.296. The lowest BCUT2D eigenvalue weighted by Crippen LogP contribution is -2.57. The van der Waals surface area contributed by atoms with Crippen LogP contribution in [0.5, 0.6) is 5.75 Å². The average Bonchev–Trinajstić information content (AvgIpc) is 3.36. The Balaban J connectivity index is 0.00000107. The summed E-state index contributed by atoms with van der Waals surface area (Å²) in [5.41, 5.74) is -0.560. The summed E-state index contributed by atoms with van der Waals surface area (Å²) < 4.78 is 0. The summed E-state index contributed by atoms with van der Waals surface area (Å²) in [6.45, 7) is 5.06. The number of nitrogens with zero attached hydrogens (tertiary/aromatic N) is 1. The monoisotopic (exact) mass is 524 g/mol. The number of aliphatic hydroxyl groups excluding tert-OH is 2. The first-order chi connectivity index (χ1) is 18.0. The van der Waals surface area contributed by atoms with Crippen LogP contribution < -0.4 is 5.32 Å². The molecule has 1 aromatic rings. The van der Waals surface area contributed by atoms with E-state index in [0.717, 1.165) is 31.1 Å². The van der Waals surface area contributed by atoms with Crippen LogP contribution in [0.2, 0.25) is 0 Å². The van der Waals surface area contributed by atoms with Crippen molar-refractivity contribution in [2.45, 2.75) is 51.7 Å². The molecule has 5 N–H and O–H groups in total. The molecule has 5 rings (SSSR count). The Bertz CT molecular complexity index is 1280. The van der Waals surface area contributed by atoms with Crippen molar-refractivity contribution >= 4 is 23.1 Å². The highest BCUT2D eigenvalue weighted by Crippen LogP contribution is 2.52. The van der Waals surface area contributed by atoms with E-state index in [4.69, 9.17) is 0 Å². The van der Waals surface area contributed by atoms with Crippen molar-refractivity contribution in [3.63, 3.8) is 0 Å². The van der Waals surface area contributed by atoms with E-state index in [1.54, 1.807) is 0 Å². The van der Waals surface area contributed by atoms with Crippen molar-refractivity contribution in [2.75, 3.05) is 27.2 Å². The van der Waals surface area contributed by atoms with Crippen LogP contribution in [-0.2, 0) is 33.8 Å². The van der Waals surface area contributed by atoms with Crippen molar-refractivity contribution in [1.82, 2.24) is 10.2 Å². The van der Waals surface area contributed by atoms with Gasteiger partial charge < -0.3 is 25.7 Å². The van der Waals surface area contributed by atoms with Gasteiger partial charge in [0, 0.05) is 43.1 Å². The smallest absolute Gasteiger partial charge is 0.202 e. The molecule has 3 atom stereocenters. The maximum absolute atomic E-state index is 13.7. The predicted octanol–water partition coefficient (Wildman–Crippen LogP) is 2.30. The molecule has 4 aliphatic rings. The number of Topliss-reactive ketones (excluding diaryl/α,β-unsaturated/α-hetero) is 3. The molecule has 0 aromatic heterocycles. The zero-order chi connectivity index (χ0) is 27.9. The summed E-state index contributed by atoms with van der Waals surface area (Å²) in [7, 11) is 3.75. The molecule has 9 nitrogen and oxygen atoms in total. The number of allylic oxidation sites excluding steroid dienone is 1. The van der Waals surface area contributed by atoms with Crippen molar-refractivity contribution < 1.29 is 34.8 Å². The van der Waals surface area contributed by atoms with Crippen LogP contribution in [0.15, 0.2) is 35.1 Å². The highest BCUT2D eigenvalue weighted by atomic mass is 16.3. The Labute approximate surface area is 222 Å². The Morgan fingerprint density at radius 2 is 1.74 bits per heavy atom. The number of ketones is 3. The fraction of sp³-hybridized carbons (Fsp3) is 0.483. The number of phenols is 1. The average molecular weight is 525 g/mol. The third-order valence-corrected chi connectivity index (χ3v) is 8.01. The molecule has 1 saturated carbocycles. The number of rotatable bonds is 4. The molecule has 204 valence electrons. The molecule has 3 aliphatic carbocycles. The first-order valence-corrected chi connectivity index (χ1v) is 13.0. The van der Waals surface area contributed by atoms with E-state index in [0.29, 0.717) is 24.9 Å². The molecule has 0 spiro atoms. The molecule has 0 unspecified atom stereocenters. The minimum absolute atomic E-state index is 0.0719. The Morgan fingerprint density at radius 1 is 1.11 bits per heavy atom. The van der Waals surface area contributed by atoms with Crippen LogP contribution in [-0.4, -0.2) is 75.5 Å². The fourth-order valence-corrected chi connectivity index (χ4v) is 6.26. The highest BCUT2D eigenvalue weighted by molar-refractivity contribution is 6.23. The van der Waals surface area contributed by atoms with E-state index in [1.807, 2.05) is 39.2 Å². The summed E-state index contributed by atoms with van der Waals surface area (Å²) in [4.78, 5) is 40.3. The van der Waals surface area contributed by atoms with Crippen LogP contribution in [0.1, 0.15) is 48.9 Å². The van der Waals surface area contributed by atoms with Crippen molar-refractivity contribution in [1.29, 1.82) is 0 Å². The molecule has 0 radical (unpaired) electrons. The molecule has 1 aromatic carbocycles. The number of aliphatic hydroxyl groups is 3. The van der Waals surface area contributed by atoms with Gasteiger partial charge in [-0.15, -0.1) is 0 Å². The first-order valence-electron chi connectivity index (χ1n) is 13.0. The minimum atomic E-state index is -2.46. The number of hydrogen-bond donors (Lipinski definition) is 5. The Kier molecular flexibility index (Phi) is 7.65. The second kappa shape index (κ2) is 10.5. The zero-order valence-electron chi connectivity index (χ0n) is 22.3. The molecular weight excluding hydrogens is 488 g/mol. The normalized spacial score (nSPS) is 26.6. The summed E-state index contributed by atoms with van der Waals surface area (Å²) in [5.74, 6) is -5.08. The van der Waals surface area contributed by atoms with E-state index >= 15 is 0 Å². The number of carbonyl (C=O) groups excluding carboxylic acids is 3. The van der Waals surface area contributed by atoms with Gasteiger partial charge in [-0.25, -0.2) is 0 Å². The third kappa shape index (κ3) is 4.28. The topological polar surface area (TPSA) is 147 Å². The maximum atomic E-state index is 13.7. The van der Waals surface area contributed by atoms with Crippen LogP contribution in [0.3, 0.4) is 0 Å². The first kappa shape index (κ1) is 27.8. The molecule has 0 saturated heterocycles. The fourth-order valence-electron chi connectivity index (χ4n) is 6.26. The largest absolute Gasteiger partial charge is 0.508 e. The Hall–Kier alpha value is -3.27. The van der Waals surface area contributed by atoms with Gasteiger partial charge in [0.25, 0.3) is 0 Å². The second-order valence-electron chi connectivity index (χ2n) is 10.5. The van der Waals surface area contributed by atoms with Crippen molar-refractivity contribution in [3.05, 3.63) is 57.4 Å². The van der Waals surface area contributed by atoms with Gasteiger partial charge in [0.05, 0.1) is 5.56 Å². The van der Waals surface area contributed by atoms with Crippen LogP contribution in [0.4, 0.5) is 0 Å². The molecule has 1 aliphatic heterocycles. The van der Waals surface area contributed by atoms with Crippen molar-refractivity contribution in [2.24, 2.45) is 11.8 Å². The lowest BCUT2D eigenvalue weighted by Gasteiger charge is -2.46. The molecule has 0 bridgehead atoms. The summed E-state index contributed by atoms with van der Waals surface area (Å²) in [5, 5.41) is 47.5. The van der Waals surface area contributed by atoms with Gasteiger partial charge in [-0.2, -0.15) is 0 Å². The summed E-state index contributed by atoms with van der Waals surface area (Å²) in [6.07, 6.45) is 5.03. The number of aryl methyl sites for hydroxylation is 1. The molecular formula is C29H36N2O7. The molecule has 9 heteroatoms. The van der Waals surface area contributed by atoms with E-state index in [-0.39, 0.29) is 29.7 Å². The van der Waals surface area contributed by atoms with E-state index < -0.39 is 51.9 Å². The van der Waals surface area contributed by atoms with E-state index in [1.165, 1.54) is 0 Å². The lowest BCUT2D eigenvalue weighted by molar-refractivity contribution is -0.147. The number of fused-ring (bicyclic) bond motifs is 3. The predicted molar refractivity (Wildman–Crippen MR) is 142 cm³/mol. The van der Waals surface area contributed by atoms with Gasteiger partial charge in [0.1, 0.15) is 22.8 Å². The number of nitrogens with one attached hydrogen (secondary N) is 1. The van der Waals surface area contributed by atoms with Crippen molar-refractivity contribution in [3.8, 4) is 5.75 Å². The van der Waals surface area contributed by atoms with Gasteiger partial charge in [0.15, 0.2) is 17.2 Å². The number of phenolic OH excluding ortho intramolecular Hbond substituents is 1.